The Hall–Kier alpha value is -2.30. The van der Waals surface area contributed by atoms with Crippen LogP contribution >= 0.6 is 11.3 Å². The van der Waals surface area contributed by atoms with E-state index in [2.05, 4.69) is 10.3 Å². The van der Waals surface area contributed by atoms with Gasteiger partial charge < -0.3 is 5.32 Å². The SMILES string of the molecule is C[C@@H]1NCC[C@@H]1C(=O)N(C#N)c1ncc(-c2ccc(F)cc2)s1. The number of carbonyl (C=O) groups excluding carboxylic acids is 1. The lowest BCUT2D eigenvalue weighted by atomic mass is 10.0. The van der Waals surface area contributed by atoms with E-state index in [0.29, 0.717) is 11.6 Å². The molecule has 0 saturated carbocycles. The van der Waals surface area contributed by atoms with Gasteiger partial charge in [0, 0.05) is 12.2 Å². The van der Waals surface area contributed by atoms with Crippen LogP contribution in [-0.2, 0) is 4.79 Å². The summed E-state index contributed by atoms with van der Waals surface area (Å²) in [6, 6.07) is 6.08. The van der Waals surface area contributed by atoms with Gasteiger partial charge in [-0.3, -0.25) is 4.79 Å². The number of nitriles is 1. The van der Waals surface area contributed by atoms with Crippen LogP contribution < -0.4 is 10.2 Å². The summed E-state index contributed by atoms with van der Waals surface area (Å²) in [7, 11) is 0. The van der Waals surface area contributed by atoms with Gasteiger partial charge in [-0.1, -0.05) is 23.5 Å². The van der Waals surface area contributed by atoms with E-state index in [4.69, 9.17) is 0 Å². The molecule has 0 bridgehead atoms. The molecule has 5 nitrogen and oxygen atoms in total. The van der Waals surface area contributed by atoms with Gasteiger partial charge in [0.05, 0.1) is 10.8 Å². The number of halogens is 1. The predicted octanol–water partition coefficient (Wildman–Crippen LogP) is 2.76. The maximum atomic E-state index is 13.0. The first-order valence-corrected chi connectivity index (χ1v) is 8.10. The van der Waals surface area contributed by atoms with E-state index in [1.165, 1.54) is 23.5 Å². The van der Waals surface area contributed by atoms with Crippen LogP contribution in [0.2, 0.25) is 0 Å². The number of amides is 1. The van der Waals surface area contributed by atoms with Gasteiger partial charge in [-0.05, 0) is 37.6 Å². The average Bonchev–Trinajstić information content (AvgIpc) is 3.18. The minimum atomic E-state index is -0.310. The fourth-order valence-corrected chi connectivity index (χ4v) is 3.55. The van der Waals surface area contributed by atoms with E-state index in [1.807, 2.05) is 13.1 Å². The Balaban J connectivity index is 1.84. The fraction of sp³-hybridized carbons (Fsp3) is 0.312. The van der Waals surface area contributed by atoms with Crippen molar-refractivity contribution < 1.29 is 9.18 Å². The van der Waals surface area contributed by atoms with Gasteiger partial charge in [-0.25, -0.2) is 9.37 Å². The van der Waals surface area contributed by atoms with Crippen LogP contribution in [-0.4, -0.2) is 23.5 Å². The van der Waals surface area contributed by atoms with Crippen LogP contribution in [0, 0.1) is 23.2 Å². The first kappa shape index (κ1) is 15.6. The van der Waals surface area contributed by atoms with Crippen LogP contribution in [0.5, 0.6) is 0 Å². The Bertz CT molecular complexity index is 752. The average molecular weight is 330 g/mol. The van der Waals surface area contributed by atoms with Crippen molar-refractivity contribution in [3.8, 4) is 16.6 Å². The van der Waals surface area contributed by atoms with Gasteiger partial charge in [0.2, 0.25) is 11.0 Å². The number of anilines is 1. The molecule has 1 saturated heterocycles. The van der Waals surface area contributed by atoms with Crippen molar-refractivity contribution in [3.05, 3.63) is 36.3 Å². The van der Waals surface area contributed by atoms with Crippen molar-refractivity contribution in [2.24, 2.45) is 5.92 Å². The van der Waals surface area contributed by atoms with Gasteiger partial charge in [0.1, 0.15) is 5.82 Å². The monoisotopic (exact) mass is 330 g/mol. The third kappa shape index (κ3) is 3.09. The molecular formula is C16H15FN4OS. The molecule has 0 unspecified atom stereocenters. The number of hydrogen-bond acceptors (Lipinski definition) is 5. The molecule has 1 aliphatic heterocycles. The summed E-state index contributed by atoms with van der Waals surface area (Å²) in [4.78, 5) is 18.6. The van der Waals surface area contributed by atoms with Crippen molar-refractivity contribution >= 4 is 22.4 Å². The Labute approximate surface area is 137 Å². The smallest absolute Gasteiger partial charge is 0.246 e. The Morgan fingerprint density at radius 1 is 1.48 bits per heavy atom. The molecule has 1 fully saturated rings. The minimum absolute atomic E-state index is 0.0508. The molecule has 0 aliphatic carbocycles. The summed E-state index contributed by atoms with van der Waals surface area (Å²) < 4.78 is 13.0. The Morgan fingerprint density at radius 2 is 2.22 bits per heavy atom. The Kier molecular flexibility index (Phi) is 4.37. The molecule has 7 heteroatoms. The van der Waals surface area contributed by atoms with E-state index in [-0.39, 0.29) is 23.7 Å². The highest BCUT2D eigenvalue weighted by atomic mass is 32.1. The largest absolute Gasteiger partial charge is 0.313 e. The van der Waals surface area contributed by atoms with E-state index < -0.39 is 0 Å². The molecule has 3 rings (SSSR count). The lowest BCUT2D eigenvalue weighted by molar-refractivity contribution is -0.121. The van der Waals surface area contributed by atoms with Crippen molar-refractivity contribution in [2.75, 3.05) is 11.4 Å². The van der Waals surface area contributed by atoms with Crippen molar-refractivity contribution in [3.63, 3.8) is 0 Å². The molecule has 118 valence electrons. The van der Waals surface area contributed by atoms with Gasteiger partial charge >= 0.3 is 0 Å². The lowest BCUT2D eigenvalue weighted by Crippen LogP contribution is -2.37. The normalized spacial score (nSPS) is 20.2. The molecule has 1 aromatic heterocycles. The summed E-state index contributed by atoms with van der Waals surface area (Å²) >= 11 is 1.24. The number of thiazole rings is 1. The predicted molar refractivity (Wildman–Crippen MR) is 86.2 cm³/mol. The van der Waals surface area contributed by atoms with Gasteiger partial charge in [0.15, 0.2) is 6.19 Å². The van der Waals surface area contributed by atoms with Gasteiger partial charge in [-0.15, -0.1) is 0 Å². The third-order valence-electron chi connectivity index (χ3n) is 3.98. The highest BCUT2D eigenvalue weighted by Gasteiger charge is 2.34. The fourth-order valence-electron chi connectivity index (χ4n) is 2.66. The van der Waals surface area contributed by atoms with E-state index in [9.17, 15) is 14.4 Å². The van der Waals surface area contributed by atoms with Crippen molar-refractivity contribution in [1.82, 2.24) is 10.3 Å². The number of nitrogens with one attached hydrogen (secondary N) is 1. The molecule has 2 atom stereocenters. The number of aromatic nitrogens is 1. The van der Waals surface area contributed by atoms with E-state index in [0.717, 1.165) is 21.9 Å². The van der Waals surface area contributed by atoms with Crippen molar-refractivity contribution in [1.29, 1.82) is 5.26 Å². The summed E-state index contributed by atoms with van der Waals surface area (Å²) in [6.45, 7) is 2.71. The Morgan fingerprint density at radius 3 is 2.83 bits per heavy atom. The molecule has 2 aromatic rings. The van der Waals surface area contributed by atoms with E-state index in [1.54, 1.807) is 18.3 Å². The zero-order valence-electron chi connectivity index (χ0n) is 12.5. The highest BCUT2D eigenvalue weighted by molar-refractivity contribution is 7.19. The van der Waals surface area contributed by atoms with Gasteiger partial charge in [0.25, 0.3) is 0 Å². The molecule has 0 spiro atoms. The number of hydrogen-bond donors (Lipinski definition) is 1. The topological polar surface area (TPSA) is 69.0 Å². The molecule has 1 amide bonds. The first-order valence-electron chi connectivity index (χ1n) is 7.29. The zero-order chi connectivity index (χ0) is 16.4. The number of nitrogens with zero attached hydrogens (tertiary/aromatic N) is 3. The second-order valence-corrected chi connectivity index (χ2v) is 6.43. The van der Waals surface area contributed by atoms with Crippen LogP contribution in [0.15, 0.2) is 30.5 Å². The summed E-state index contributed by atoms with van der Waals surface area (Å²) in [5.41, 5.74) is 0.802. The maximum absolute atomic E-state index is 13.0. The maximum Gasteiger partial charge on any atom is 0.246 e. The van der Waals surface area contributed by atoms with Crippen molar-refractivity contribution in [2.45, 2.75) is 19.4 Å². The summed E-state index contributed by atoms with van der Waals surface area (Å²) in [5.74, 6) is -0.757. The molecule has 2 heterocycles. The van der Waals surface area contributed by atoms with E-state index >= 15 is 0 Å². The first-order chi connectivity index (χ1) is 11.1. The third-order valence-corrected chi connectivity index (χ3v) is 5.01. The van der Waals surface area contributed by atoms with Crippen LogP contribution in [0.4, 0.5) is 9.52 Å². The zero-order valence-corrected chi connectivity index (χ0v) is 13.3. The molecular weight excluding hydrogens is 315 g/mol. The molecule has 0 radical (unpaired) electrons. The quantitative estimate of drug-likeness (QED) is 0.694. The minimum Gasteiger partial charge on any atom is -0.313 e. The second kappa shape index (κ2) is 6.44. The number of rotatable bonds is 3. The number of benzene rings is 1. The highest BCUT2D eigenvalue weighted by Crippen LogP contribution is 2.32. The van der Waals surface area contributed by atoms with Crippen LogP contribution in [0.3, 0.4) is 0 Å². The molecule has 1 aliphatic rings. The second-order valence-electron chi connectivity index (χ2n) is 5.43. The molecule has 23 heavy (non-hydrogen) atoms. The van der Waals surface area contributed by atoms with Crippen LogP contribution in [0.25, 0.3) is 10.4 Å². The molecule has 1 aromatic carbocycles. The van der Waals surface area contributed by atoms with Crippen LogP contribution in [0.1, 0.15) is 13.3 Å². The standard InChI is InChI=1S/C16H15FN4OS/c1-10-13(6-7-19-10)15(22)21(9-18)16-20-8-14(23-16)11-2-4-12(17)5-3-11/h2-5,8,10,13,19H,6-7H2,1H3/t10-,13-/m0/s1. The summed E-state index contributed by atoms with van der Waals surface area (Å²) in [6.07, 6.45) is 4.25. The molecule has 1 N–H and O–H groups in total. The number of carbonyl (C=O) groups is 1. The lowest BCUT2D eigenvalue weighted by Gasteiger charge is -2.18. The van der Waals surface area contributed by atoms with Gasteiger partial charge in [-0.2, -0.15) is 10.2 Å². The summed E-state index contributed by atoms with van der Waals surface area (Å²) in [5, 5.41) is 12.9.